The van der Waals surface area contributed by atoms with Crippen molar-refractivity contribution >= 4 is 5.91 Å². The zero-order chi connectivity index (χ0) is 14.8. The molecule has 0 radical (unpaired) electrons. The highest BCUT2D eigenvalue weighted by Gasteiger charge is 2.28. The molecule has 2 aromatic rings. The Morgan fingerprint density at radius 1 is 1.10 bits per heavy atom. The first-order valence-electron chi connectivity index (χ1n) is 6.51. The molecule has 1 aliphatic rings. The Morgan fingerprint density at radius 2 is 1.90 bits per heavy atom. The lowest BCUT2D eigenvalue weighted by molar-refractivity contribution is 0.0751. The molecule has 0 aromatic heterocycles. The fourth-order valence-corrected chi connectivity index (χ4v) is 2.29. The summed E-state index contributed by atoms with van der Waals surface area (Å²) < 4.78 is 16.4. The van der Waals surface area contributed by atoms with Crippen molar-refractivity contribution in [2.45, 2.75) is 6.23 Å². The van der Waals surface area contributed by atoms with E-state index in [4.69, 9.17) is 14.2 Å². The third-order valence-electron chi connectivity index (χ3n) is 3.36. The van der Waals surface area contributed by atoms with E-state index in [9.17, 15) is 4.79 Å². The summed E-state index contributed by atoms with van der Waals surface area (Å²) in [5, 5.41) is 2.82. The van der Waals surface area contributed by atoms with Gasteiger partial charge in [0.2, 0.25) is 6.23 Å². The van der Waals surface area contributed by atoms with Crippen LogP contribution in [0, 0.1) is 0 Å². The molecule has 21 heavy (non-hydrogen) atoms. The minimum absolute atomic E-state index is 0.167. The van der Waals surface area contributed by atoms with Crippen LogP contribution in [0.1, 0.15) is 22.1 Å². The highest BCUT2D eigenvalue weighted by molar-refractivity contribution is 5.98. The summed E-state index contributed by atoms with van der Waals surface area (Å²) in [4.78, 5) is 12.1. The average Bonchev–Trinajstić information content (AvgIpc) is 2.54. The zero-order valence-corrected chi connectivity index (χ0v) is 11.8. The molecular weight excluding hydrogens is 270 g/mol. The van der Waals surface area contributed by atoms with Gasteiger partial charge in [-0.05, 0) is 24.3 Å². The van der Waals surface area contributed by atoms with Gasteiger partial charge in [0.25, 0.3) is 5.91 Å². The minimum atomic E-state index is -0.590. The van der Waals surface area contributed by atoms with Gasteiger partial charge in [-0.25, -0.2) is 0 Å². The SMILES string of the molecule is COc1ccc([C@@H]2NC(=O)c3ccccc3O2)c(OC)c1. The molecule has 1 heterocycles. The van der Waals surface area contributed by atoms with Gasteiger partial charge in [0.05, 0.1) is 25.3 Å². The standard InChI is InChI=1S/C16H15NO4/c1-19-10-7-8-12(14(9-10)20-2)16-17-15(18)11-5-3-4-6-13(11)21-16/h3-9,16H,1-2H3,(H,17,18)/t16-/m1/s1. The number of fused-ring (bicyclic) bond motifs is 1. The maximum atomic E-state index is 12.1. The molecule has 3 rings (SSSR count). The molecule has 1 aliphatic heterocycles. The molecule has 1 atom stereocenters. The van der Waals surface area contributed by atoms with E-state index in [0.29, 0.717) is 22.8 Å². The number of rotatable bonds is 3. The van der Waals surface area contributed by atoms with Gasteiger partial charge in [-0.3, -0.25) is 4.79 Å². The summed E-state index contributed by atoms with van der Waals surface area (Å²) in [5.41, 5.74) is 1.27. The second-order valence-corrected chi connectivity index (χ2v) is 4.58. The number of hydrogen-bond donors (Lipinski definition) is 1. The Balaban J connectivity index is 1.98. The monoisotopic (exact) mass is 285 g/mol. The Hall–Kier alpha value is -2.69. The largest absolute Gasteiger partial charge is 0.497 e. The van der Waals surface area contributed by atoms with Gasteiger partial charge in [0.15, 0.2) is 0 Å². The number of amides is 1. The van der Waals surface area contributed by atoms with Gasteiger partial charge in [0, 0.05) is 6.07 Å². The molecule has 2 aromatic carbocycles. The average molecular weight is 285 g/mol. The van der Waals surface area contributed by atoms with E-state index < -0.39 is 6.23 Å². The third kappa shape index (κ3) is 2.38. The second kappa shape index (κ2) is 5.36. The van der Waals surface area contributed by atoms with Crippen molar-refractivity contribution in [3.05, 3.63) is 53.6 Å². The van der Waals surface area contributed by atoms with Crippen molar-refractivity contribution in [3.63, 3.8) is 0 Å². The minimum Gasteiger partial charge on any atom is -0.497 e. The van der Waals surface area contributed by atoms with Crippen LogP contribution in [-0.4, -0.2) is 20.1 Å². The fraction of sp³-hybridized carbons (Fsp3) is 0.188. The number of benzene rings is 2. The van der Waals surface area contributed by atoms with Crippen LogP contribution in [0.15, 0.2) is 42.5 Å². The lowest BCUT2D eigenvalue weighted by atomic mass is 10.1. The van der Waals surface area contributed by atoms with Crippen molar-refractivity contribution in [1.29, 1.82) is 0 Å². The van der Waals surface area contributed by atoms with E-state index in [2.05, 4.69) is 5.32 Å². The Bertz CT molecular complexity index is 684. The molecule has 0 fully saturated rings. The van der Waals surface area contributed by atoms with Crippen molar-refractivity contribution in [1.82, 2.24) is 5.32 Å². The highest BCUT2D eigenvalue weighted by atomic mass is 16.5. The summed E-state index contributed by atoms with van der Waals surface area (Å²) >= 11 is 0. The van der Waals surface area contributed by atoms with Crippen LogP contribution in [0.25, 0.3) is 0 Å². The summed E-state index contributed by atoms with van der Waals surface area (Å²) in [6.45, 7) is 0. The number of ether oxygens (including phenoxy) is 3. The third-order valence-corrected chi connectivity index (χ3v) is 3.36. The van der Waals surface area contributed by atoms with Gasteiger partial charge in [0.1, 0.15) is 17.2 Å². The maximum absolute atomic E-state index is 12.1. The van der Waals surface area contributed by atoms with Crippen molar-refractivity contribution < 1.29 is 19.0 Å². The van der Waals surface area contributed by atoms with Crippen molar-refractivity contribution in [2.75, 3.05) is 14.2 Å². The normalized spacial score (nSPS) is 16.5. The van der Waals surface area contributed by atoms with Gasteiger partial charge in [-0.15, -0.1) is 0 Å². The molecule has 0 aliphatic carbocycles. The molecule has 0 unspecified atom stereocenters. The Morgan fingerprint density at radius 3 is 2.67 bits per heavy atom. The zero-order valence-electron chi connectivity index (χ0n) is 11.8. The van der Waals surface area contributed by atoms with Gasteiger partial charge in [-0.1, -0.05) is 12.1 Å². The topological polar surface area (TPSA) is 56.8 Å². The Kier molecular flexibility index (Phi) is 3.39. The molecule has 108 valence electrons. The predicted octanol–water partition coefficient (Wildman–Crippen LogP) is 2.52. The first-order valence-corrected chi connectivity index (χ1v) is 6.51. The summed E-state index contributed by atoms with van der Waals surface area (Å²) in [6, 6.07) is 12.5. The van der Waals surface area contributed by atoms with Crippen LogP contribution in [0.2, 0.25) is 0 Å². The number of carbonyl (C=O) groups excluding carboxylic acids is 1. The molecule has 5 heteroatoms. The van der Waals surface area contributed by atoms with E-state index in [1.165, 1.54) is 0 Å². The van der Waals surface area contributed by atoms with E-state index in [-0.39, 0.29) is 5.91 Å². The molecule has 0 saturated carbocycles. The van der Waals surface area contributed by atoms with E-state index in [1.807, 2.05) is 12.1 Å². The van der Waals surface area contributed by atoms with Gasteiger partial charge < -0.3 is 19.5 Å². The van der Waals surface area contributed by atoms with Gasteiger partial charge >= 0.3 is 0 Å². The molecule has 1 N–H and O–H groups in total. The summed E-state index contributed by atoms with van der Waals surface area (Å²) in [5.74, 6) is 1.67. The van der Waals surface area contributed by atoms with E-state index in [0.717, 1.165) is 5.56 Å². The first-order chi connectivity index (χ1) is 10.2. The van der Waals surface area contributed by atoms with Gasteiger partial charge in [-0.2, -0.15) is 0 Å². The quantitative estimate of drug-likeness (QED) is 0.941. The summed E-state index contributed by atoms with van der Waals surface area (Å²) in [6.07, 6.45) is -0.590. The first kappa shape index (κ1) is 13.3. The number of hydrogen-bond acceptors (Lipinski definition) is 4. The number of methoxy groups -OCH3 is 2. The molecule has 1 amide bonds. The smallest absolute Gasteiger partial charge is 0.258 e. The van der Waals surface area contributed by atoms with Crippen LogP contribution in [0.3, 0.4) is 0 Å². The van der Waals surface area contributed by atoms with Crippen LogP contribution < -0.4 is 19.5 Å². The molecule has 5 nitrogen and oxygen atoms in total. The predicted molar refractivity (Wildman–Crippen MR) is 76.8 cm³/mol. The number of carbonyl (C=O) groups is 1. The Labute approximate surface area is 122 Å². The molecule has 0 saturated heterocycles. The van der Waals surface area contributed by atoms with E-state index >= 15 is 0 Å². The molecule has 0 spiro atoms. The second-order valence-electron chi connectivity index (χ2n) is 4.58. The lowest BCUT2D eigenvalue weighted by Crippen LogP contribution is -2.36. The van der Waals surface area contributed by atoms with Crippen LogP contribution in [0.5, 0.6) is 17.2 Å². The van der Waals surface area contributed by atoms with E-state index in [1.54, 1.807) is 44.6 Å². The summed E-state index contributed by atoms with van der Waals surface area (Å²) in [7, 11) is 3.15. The van der Waals surface area contributed by atoms with Crippen molar-refractivity contribution in [3.8, 4) is 17.2 Å². The number of nitrogens with one attached hydrogen (secondary N) is 1. The molecule has 0 bridgehead atoms. The number of para-hydroxylation sites is 1. The maximum Gasteiger partial charge on any atom is 0.258 e. The van der Waals surface area contributed by atoms with Crippen LogP contribution >= 0.6 is 0 Å². The lowest BCUT2D eigenvalue weighted by Gasteiger charge is -2.28. The van der Waals surface area contributed by atoms with Crippen molar-refractivity contribution in [2.24, 2.45) is 0 Å². The van der Waals surface area contributed by atoms with Crippen LogP contribution in [0.4, 0.5) is 0 Å². The molecular formula is C16H15NO4. The van der Waals surface area contributed by atoms with Crippen LogP contribution in [-0.2, 0) is 0 Å². The fourth-order valence-electron chi connectivity index (χ4n) is 2.29. The highest BCUT2D eigenvalue weighted by Crippen LogP contribution is 2.34.